The highest BCUT2D eigenvalue weighted by Crippen LogP contribution is 2.15. The summed E-state index contributed by atoms with van der Waals surface area (Å²) in [7, 11) is 0. The molecule has 0 radical (unpaired) electrons. The first-order chi connectivity index (χ1) is 10.4. The van der Waals surface area contributed by atoms with E-state index >= 15 is 0 Å². The fourth-order valence-corrected chi connectivity index (χ4v) is 3.19. The number of nitrogens with one attached hydrogen (secondary N) is 1. The second kappa shape index (κ2) is 7.92. The van der Waals surface area contributed by atoms with Crippen LogP contribution in [0.5, 0.6) is 0 Å². The number of carbonyl (C=O) groups is 1. The summed E-state index contributed by atoms with van der Waals surface area (Å²) in [5.74, 6) is 0. The van der Waals surface area contributed by atoms with Crippen LogP contribution in [0.4, 0.5) is 4.79 Å². The summed E-state index contributed by atoms with van der Waals surface area (Å²) in [5.41, 5.74) is -0.422. The minimum absolute atomic E-state index is 0.184. The van der Waals surface area contributed by atoms with Crippen molar-refractivity contribution in [1.82, 2.24) is 15.2 Å². The summed E-state index contributed by atoms with van der Waals surface area (Å²) in [6.07, 6.45) is 5.76. The molecule has 1 aromatic rings. The lowest BCUT2D eigenvalue weighted by Gasteiger charge is -2.26. The van der Waals surface area contributed by atoms with E-state index in [2.05, 4.69) is 10.3 Å². The number of rotatable bonds is 4. The number of hydrogen-bond acceptors (Lipinski definition) is 5. The molecule has 0 saturated carbocycles. The van der Waals surface area contributed by atoms with Gasteiger partial charge in [0.1, 0.15) is 5.60 Å². The Hall–Kier alpha value is -1.14. The van der Waals surface area contributed by atoms with Crippen molar-refractivity contribution in [3.8, 4) is 0 Å². The quantitative estimate of drug-likeness (QED) is 0.924. The number of aromatic nitrogens is 1. The Bertz CT molecular complexity index is 456. The predicted octanol–water partition coefficient (Wildman–Crippen LogP) is 3.06. The molecule has 0 aromatic carbocycles. The normalized spacial score (nSPS) is 19.8. The molecular weight excluding hydrogens is 298 g/mol. The van der Waals surface area contributed by atoms with Gasteiger partial charge in [-0.2, -0.15) is 0 Å². The lowest BCUT2D eigenvalue weighted by Crippen LogP contribution is -2.38. The van der Waals surface area contributed by atoms with Gasteiger partial charge in [0.05, 0.1) is 5.01 Å². The molecule has 1 amide bonds. The predicted molar refractivity (Wildman–Crippen MR) is 89.3 cm³/mol. The van der Waals surface area contributed by atoms with Crippen LogP contribution in [0.2, 0.25) is 0 Å². The van der Waals surface area contributed by atoms with Gasteiger partial charge >= 0.3 is 6.09 Å². The molecular formula is C16H27N3O2S. The van der Waals surface area contributed by atoms with E-state index in [9.17, 15) is 4.79 Å². The third-order valence-electron chi connectivity index (χ3n) is 3.64. The third kappa shape index (κ3) is 5.93. The van der Waals surface area contributed by atoms with Crippen LogP contribution in [0.1, 0.15) is 45.0 Å². The molecule has 124 valence electrons. The summed E-state index contributed by atoms with van der Waals surface area (Å²) in [4.78, 5) is 18.3. The van der Waals surface area contributed by atoms with Crippen molar-refractivity contribution in [1.29, 1.82) is 0 Å². The van der Waals surface area contributed by atoms with Crippen molar-refractivity contribution in [2.24, 2.45) is 0 Å². The maximum Gasteiger partial charge on any atom is 0.410 e. The smallest absolute Gasteiger partial charge is 0.410 e. The number of amides is 1. The molecule has 1 fully saturated rings. The van der Waals surface area contributed by atoms with Crippen LogP contribution < -0.4 is 5.32 Å². The van der Waals surface area contributed by atoms with E-state index in [0.29, 0.717) is 6.04 Å². The van der Waals surface area contributed by atoms with Gasteiger partial charge in [0, 0.05) is 43.7 Å². The minimum atomic E-state index is -0.422. The first-order valence-corrected chi connectivity index (χ1v) is 8.92. The van der Waals surface area contributed by atoms with Gasteiger partial charge in [0.25, 0.3) is 0 Å². The van der Waals surface area contributed by atoms with Crippen LogP contribution in [0.15, 0.2) is 11.6 Å². The number of likely N-dealkylation sites (tertiary alicyclic amines) is 1. The molecule has 2 rings (SSSR count). The monoisotopic (exact) mass is 325 g/mol. The molecule has 1 N–H and O–H groups in total. The molecule has 0 spiro atoms. The number of hydrogen-bond donors (Lipinski definition) is 1. The number of ether oxygens (including phenoxy) is 1. The van der Waals surface area contributed by atoms with E-state index < -0.39 is 5.60 Å². The van der Waals surface area contributed by atoms with Crippen molar-refractivity contribution >= 4 is 17.4 Å². The largest absolute Gasteiger partial charge is 0.444 e. The zero-order chi connectivity index (χ0) is 16.0. The molecule has 1 atom stereocenters. The Morgan fingerprint density at radius 2 is 2.27 bits per heavy atom. The molecule has 1 unspecified atom stereocenters. The van der Waals surface area contributed by atoms with Gasteiger partial charge < -0.3 is 15.0 Å². The van der Waals surface area contributed by atoms with Gasteiger partial charge in [-0.3, -0.25) is 0 Å². The van der Waals surface area contributed by atoms with E-state index in [1.807, 2.05) is 37.2 Å². The van der Waals surface area contributed by atoms with Gasteiger partial charge in [-0.1, -0.05) is 0 Å². The maximum absolute atomic E-state index is 12.1. The molecule has 1 saturated heterocycles. The van der Waals surface area contributed by atoms with Crippen molar-refractivity contribution in [3.63, 3.8) is 0 Å². The Morgan fingerprint density at radius 3 is 2.95 bits per heavy atom. The second-order valence-electron chi connectivity index (χ2n) is 6.73. The molecule has 1 aliphatic heterocycles. The SMILES string of the molecule is CC(C)(C)OC(=O)N1CCCC(NCCc2nccs2)CC1. The Labute approximate surface area is 137 Å². The molecule has 6 heteroatoms. The average molecular weight is 325 g/mol. The highest BCUT2D eigenvalue weighted by atomic mass is 32.1. The summed E-state index contributed by atoms with van der Waals surface area (Å²) in [5, 5.41) is 6.79. The minimum Gasteiger partial charge on any atom is -0.444 e. The van der Waals surface area contributed by atoms with E-state index in [4.69, 9.17) is 4.74 Å². The molecule has 0 aliphatic carbocycles. The van der Waals surface area contributed by atoms with Gasteiger partial charge in [0.15, 0.2) is 0 Å². The molecule has 5 nitrogen and oxygen atoms in total. The molecule has 1 aliphatic rings. The molecule has 1 aromatic heterocycles. The molecule has 0 bridgehead atoms. The lowest BCUT2D eigenvalue weighted by atomic mass is 10.1. The summed E-state index contributed by atoms with van der Waals surface area (Å²) in [6, 6.07) is 0.479. The fraction of sp³-hybridized carbons (Fsp3) is 0.750. The Kier molecular flexibility index (Phi) is 6.20. The third-order valence-corrected chi connectivity index (χ3v) is 4.47. The number of nitrogens with zero attached hydrogens (tertiary/aromatic N) is 2. The highest BCUT2D eigenvalue weighted by Gasteiger charge is 2.24. The Balaban J connectivity index is 1.71. The summed E-state index contributed by atoms with van der Waals surface area (Å²) >= 11 is 1.70. The number of carbonyl (C=O) groups excluding carboxylic acids is 1. The second-order valence-corrected chi connectivity index (χ2v) is 7.70. The van der Waals surface area contributed by atoms with Crippen LogP contribution in [0.25, 0.3) is 0 Å². The van der Waals surface area contributed by atoms with E-state index in [0.717, 1.165) is 45.3 Å². The van der Waals surface area contributed by atoms with Crippen molar-refractivity contribution in [2.75, 3.05) is 19.6 Å². The van der Waals surface area contributed by atoms with Crippen LogP contribution in [-0.4, -0.2) is 47.3 Å². The zero-order valence-electron chi connectivity index (χ0n) is 13.8. The zero-order valence-corrected chi connectivity index (χ0v) is 14.6. The fourth-order valence-electron chi connectivity index (χ4n) is 2.57. The average Bonchev–Trinajstić information content (AvgIpc) is 2.81. The first-order valence-electron chi connectivity index (χ1n) is 8.04. The number of thiazole rings is 1. The standard InChI is InChI=1S/C16H27N3O2S/c1-16(2,3)21-15(20)19-10-4-5-13(7-11-19)17-8-6-14-18-9-12-22-14/h9,12-13,17H,4-8,10-11H2,1-3H3. The summed E-state index contributed by atoms with van der Waals surface area (Å²) < 4.78 is 5.46. The van der Waals surface area contributed by atoms with E-state index in [1.165, 1.54) is 5.01 Å². The highest BCUT2D eigenvalue weighted by molar-refractivity contribution is 7.09. The van der Waals surface area contributed by atoms with Crippen LogP contribution >= 0.6 is 11.3 Å². The van der Waals surface area contributed by atoms with Gasteiger partial charge in [-0.25, -0.2) is 9.78 Å². The summed E-state index contributed by atoms with van der Waals surface area (Å²) in [6.45, 7) is 8.23. The molecule has 2 heterocycles. The first kappa shape index (κ1) is 17.2. The van der Waals surface area contributed by atoms with Crippen LogP contribution in [-0.2, 0) is 11.2 Å². The van der Waals surface area contributed by atoms with Gasteiger partial charge in [-0.05, 0) is 40.0 Å². The topological polar surface area (TPSA) is 54.5 Å². The maximum atomic E-state index is 12.1. The molecule has 22 heavy (non-hydrogen) atoms. The van der Waals surface area contributed by atoms with Crippen molar-refractivity contribution in [2.45, 2.75) is 58.1 Å². The van der Waals surface area contributed by atoms with Crippen LogP contribution in [0, 0.1) is 0 Å². The lowest BCUT2D eigenvalue weighted by molar-refractivity contribution is 0.0256. The van der Waals surface area contributed by atoms with Crippen molar-refractivity contribution < 1.29 is 9.53 Å². The van der Waals surface area contributed by atoms with E-state index in [1.54, 1.807) is 11.3 Å². The van der Waals surface area contributed by atoms with E-state index in [-0.39, 0.29) is 6.09 Å². The van der Waals surface area contributed by atoms with Crippen LogP contribution in [0.3, 0.4) is 0 Å². The Morgan fingerprint density at radius 1 is 1.45 bits per heavy atom. The van der Waals surface area contributed by atoms with Gasteiger partial charge in [0.2, 0.25) is 0 Å². The van der Waals surface area contributed by atoms with Gasteiger partial charge in [-0.15, -0.1) is 11.3 Å². The van der Waals surface area contributed by atoms with Crippen molar-refractivity contribution in [3.05, 3.63) is 16.6 Å².